The Hall–Kier alpha value is -1.49. The van der Waals surface area contributed by atoms with Gasteiger partial charge < -0.3 is 11.1 Å². The fourth-order valence-corrected chi connectivity index (χ4v) is 2.83. The van der Waals surface area contributed by atoms with Crippen LogP contribution in [0.15, 0.2) is 18.3 Å². The van der Waals surface area contributed by atoms with E-state index in [9.17, 15) is 4.79 Å². The maximum Gasteiger partial charge on any atom is 0.237 e. The standard InChI is InChI=1S/C14H19N3OS/c1-10-5-6-11(9-16-10)17-13(18)14(12(15)19)7-3-2-4-8-14/h5-6,9H,2-4,7-8H2,1H3,(H2,15,19)(H,17,18). The summed E-state index contributed by atoms with van der Waals surface area (Å²) in [7, 11) is 0. The summed E-state index contributed by atoms with van der Waals surface area (Å²) in [5, 5.41) is 2.89. The van der Waals surface area contributed by atoms with Gasteiger partial charge in [-0.25, -0.2) is 0 Å². The van der Waals surface area contributed by atoms with Gasteiger partial charge in [0, 0.05) is 5.69 Å². The molecule has 0 saturated heterocycles. The monoisotopic (exact) mass is 277 g/mol. The maximum absolute atomic E-state index is 12.5. The van der Waals surface area contributed by atoms with Gasteiger partial charge in [0.2, 0.25) is 5.91 Å². The van der Waals surface area contributed by atoms with Gasteiger partial charge >= 0.3 is 0 Å². The molecule has 19 heavy (non-hydrogen) atoms. The SMILES string of the molecule is Cc1ccc(NC(=O)C2(C(N)=S)CCCCC2)cn1. The fraction of sp³-hybridized carbons (Fsp3) is 0.500. The lowest BCUT2D eigenvalue weighted by molar-refractivity contribution is -0.123. The summed E-state index contributed by atoms with van der Waals surface area (Å²) >= 11 is 5.14. The van der Waals surface area contributed by atoms with Crippen LogP contribution in [-0.2, 0) is 4.79 Å². The van der Waals surface area contributed by atoms with Crippen LogP contribution in [0, 0.1) is 12.3 Å². The van der Waals surface area contributed by atoms with Crippen molar-refractivity contribution in [3.8, 4) is 0 Å². The second-order valence-electron chi connectivity index (χ2n) is 5.15. The van der Waals surface area contributed by atoms with Crippen LogP contribution in [0.4, 0.5) is 5.69 Å². The molecule has 1 aliphatic carbocycles. The van der Waals surface area contributed by atoms with Crippen molar-refractivity contribution < 1.29 is 4.79 Å². The minimum atomic E-state index is -0.682. The van der Waals surface area contributed by atoms with Crippen LogP contribution in [0.3, 0.4) is 0 Å². The van der Waals surface area contributed by atoms with Crippen LogP contribution in [0.5, 0.6) is 0 Å². The van der Waals surface area contributed by atoms with E-state index in [-0.39, 0.29) is 5.91 Å². The minimum Gasteiger partial charge on any atom is -0.392 e. The zero-order chi connectivity index (χ0) is 13.9. The average molecular weight is 277 g/mol. The Morgan fingerprint density at radius 3 is 2.58 bits per heavy atom. The predicted molar refractivity (Wildman–Crippen MR) is 79.9 cm³/mol. The van der Waals surface area contributed by atoms with Crippen LogP contribution in [0.25, 0.3) is 0 Å². The number of aryl methyl sites for hydroxylation is 1. The number of hydrogen-bond acceptors (Lipinski definition) is 3. The van der Waals surface area contributed by atoms with Gasteiger partial charge in [-0.3, -0.25) is 9.78 Å². The number of nitrogens with one attached hydrogen (secondary N) is 1. The van der Waals surface area contributed by atoms with Gasteiger partial charge in [0.1, 0.15) is 0 Å². The molecule has 0 aromatic carbocycles. The summed E-state index contributed by atoms with van der Waals surface area (Å²) in [4.78, 5) is 17.0. The Morgan fingerprint density at radius 2 is 2.05 bits per heavy atom. The summed E-state index contributed by atoms with van der Waals surface area (Å²) in [6, 6.07) is 3.71. The van der Waals surface area contributed by atoms with Crippen LogP contribution < -0.4 is 11.1 Å². The summed E-state index contributed by atoms with van der Waals surface area (Å²) in [6.07, 6.45) is 6.28. The first kappa shape index (κ1) is 13.9. The van der Waals surface area contributed by atoms with E-state index in [0.717, 1.165) is 37.8 Å². The van der Waals surface area contributed by atoms with E-state index in [2.05, 4.69) is 10.3 Å². The molecule has 1 aromatic heterocycles. The zero-order valence-electron chi connectivity index (χ0n) is 11.1. The van der Waals surface area contributed by atoms with Gasteiger partial charge in [-0.15, -0.1) is 0 Å². The summed E-state index contributed by atoms with van der Waals surface area (Å²) in [5.41, 5.74) is 6.76. The Bertz CT molecular complexity index is 478. The molecule has 5 heteroatoms. The molecule has 2 rings (SSSR count). The van der Waals surface area contributed by atoms with Crippen molar-refractivity contribution in [3.05, 3.63) is 24.0 Å². The number of nitrogens with zero attached hydrogens (tertiary/aromatic N) is 1. The topological polar surface area (TPSA) is 68.0 Å². The number of hydrogen-bond donors (Lipinski definition) is 2. The number of thiocarbonyl (C=S) groups is 1. The lowest BCUT2D eigenvalue weighted by Gasteiger charge is -2.34. The number of pyridine rings is 1. The highest BCUT2D eigenvalue weighted by molar-refractivity contribution is 7.80. The molecule has 0 atom stereocenters. The van der Waals surface area contributed by atoms with Crippen molar-refractivity contribution in [3.63, 3.8) is 0 Å². The summed E-state index contributed by atoms with van der Waals surface area (Å²) < 4.78 is 0. The van der Waals surface area contributed by atoms with Crippen LogP contribution >= 0.6 is 12.2 Å². The molecule has 0 unspecified atom stereocenters. The normalized spacial score (nSPS) is 17.7. The third-order valence-electron chi connectivity index (χ3n) is 3.78. The fourth-order valence-electron chi connectivity index (χ4n) is 2.53. The summed E-state index contributed by atoms with van der Waals surface area (Å²) in [5.74, 6) is -0.0923. The van der Waals surface area contributed by atoms with Crippen molar-refractivity contribution in [2.45, 2.75) is 39.0 Å². The van der Waals surface area contributed by atoms with E-state index >= 15 is 0 Å². The van der Waals surface area contributed by atoms with E-state index in [1.807, 2.05) is 19.1 Å². The second kappa shape index (κ2) is 5.65. The lowest BCUT2D eigenvalue weighted by atomic mass is 9.73. The van der Waals surface area contributed by atoms with Crippen molar-refractivity contribution in [2.24, 2.45) is 11.1 Å². The highest BCUT2D eigenvalue weighted by Gasteiger charge is 2.42. The third-order valence-corrected chi connectivity index (χ3v) is 4.17. The molecule has 0 spiro atoms. The zero-order valence-corrected chi connectivity index (χ0v) is 11.9. The smallest absolute Gasteiger partial charge is 0.237 e. The quantitative estimate of drug-likeness (QED) is 0.833. The van der Waals surface area contributed by atoms with Gasteiger partial charge in [-0.1, -0.05) is 31.5 Å². The van der Waals surface area contributed by atoms with Crippen LogP contribution in [0.1, 0.15) is 37.8 Å². The highest BCUT2D eigenvalue weighted by atomic mass is 32.1. The molecule has 0 aliphatic heterocycles. The van der Waals surface area contributed by atoms with Crippen molar-refractivity contribution in [1.29, 1.82) is 0 Å². The number of anilines is 1. The van der Waals surface area contributed by atoms with Gasteiger partial charge in [0.15, 0.2) is 0 Å². The average Bonchev–Trinajstić information content (AvgIpc) is 2.42. The van der Waals surface area contributed by atoms with E-state index in [4.69, 9.17) is 18.0 Å². The number of carbonyl (C=O) groups excluding carboxylic acids is 1. The lowest BCUT2D eigenvalue weighted by Crippen LogP contribution is -2.47. The molecule has 1 heterocycles. The molecule has 4 nitrogen and oxygen atoms in total. The molecular formula is C14H19N3OS. The molecular weight excluding hydrogens is 258 g/mol. The molecule has 1 saturated carbocycles. The Labute approximate surface area is 118 Å². The predicted octanol–water partition coefficient (Wildman–Crippen LogP) is 2.57. The molecule has 1 amide bonds. The van der Waals surface area contributed by atoms with E-state index in [1.54, 1.807) is 6.20 Å². The minimum absolute atomic E-state index is 0.0923. The van der Waals surface area contributed by atoms with Crippen molar-refractivity contribution in [1.82, 2.24) is 4.98 Å². The second-order valence-corrected chi connectivity index (χ2v) is 5.59. The number of nitrogens with two attached hydrogens (primary N) is 1. The Kier molecular flexibility index (Phi) is 4.14. The van der Waals surface area contributed by atoms with Crippen molar-refractivity contribution >= 4 is 28.8 Å². The first-order valence-corrected chi connectivity index (χ1v) is 6.99. The Morgan fingerprint density at radius 1 is 1.37 bits per heavy atom. The number of carbonyl (C=O) groups is 1. The summed E-state index contributed by atoms with van der Waals surface area (Å²) in [6.45, 7) is 1.91. The number of amides is 1. The first-order valence-electron chi connectivity index (χ1n) is 6.59. The van der Waals surface area contributed by atoms with Crippen LogP contribution in [0.2, 0.25) is 0 Å². The van der Waals surface area contributed by atoms with Gasteiger partial charge in [-0.2, -0.15) is 0 Å². The van der Waals surface area contributed by atoms with Gasteiger partial charge in [0.25, 0.3) is 0 Å². The van der Waals surface area contributed by atoms with E-state index in [1.165, 1.54) is 0 Å². The molecule has 0 radical (unpaired) electrons. The molecule has 0 bridgehead atoms. The van der Waals surface area contributed by atoms with E-state index < -0.39 is 5.41 Å². The molecule has 1 aromatic rings. The molecule has 1 aliphatic rings. The molecule has 1 fully saturated rings. The highest BCUT2D eigenvalue weighted by Crippen LogP contribution is 2.37. The Balaban J connectivity index is 2.16. The third kappa shape index (κ3) is 2.92. The number of rotatable bonds is 3. The molecule has 102 valence electrons. The van der Waals surface area contributed by atoms with Gasteiger partial charge in [0.05, 0.1) is 22.3 Å². The van der Waals surface area contributed by atoms with Gasteiger partial charge in [-0.05, 0) is 31.9 Å². The first-order chi connectivity index (χ1) is 9.04. The van der Waals surface area contributed by atoms with E-state index in [0.29, 0.717) is 10.7 Å². The number of aromatic nitrogens is 1. The maximum atomic E-state index is 12.5. The van der Waals surface area contributed by atoms with Crippen LogP contribution in [-0.4, -0.2) is 15.9 Å². The largest absolute Gasteiger partial charge is 0.392 e. The van der Waals surface area contributed by atoms with Crippen molar-refractivity contribution in [2.75, 3.05) is 5.32 Å². The molecule has 3 N–H and O–H groups in total.